The SMILES string of the molecule is O=S(=O)(O)c1cc(O)ccc1O.[Ca+2].[H-].[H-]. The molecule has 0 radical (unpaired) electrons. The van der Waals surface area contributed by atoms with Crippen LogP contribution >= 0.6 is 0 Å². The molecule has 0 aliphatic rings. The topological polar surface area (TPSA) is 94.8 Å². The van der Waals surface area contributed by atoms with Crippen LogP contribution < -0.4 is 0 Å². The molecule has 0 spiro atoms. The van der Waals surface area contributed by atoms with Gasteiger partial charge in [-0.3, -0.25) is 4.55 Å². The summed E-state index contributed by atoms with van der Waals surface area (Å²) in [6.45, 7) is 0. The molecule has 7 heteroatoms. The average molecular weight is 232 g/mol. The fourth-order valence-corrected chi connectivity index (χ4v) is 1.31. The van der Waals surface area contributed by atoms with Gasteiger partial charge in [0.15, 0.2) is 0 Å². The number of benzene rings is 1. The predicted molar refractivity (Wildman–Crippen MR) is 47.6 cm³/mol. The first-order valence-electron chi connectivity index (χ1n) is 2.91. The normalized spacial score (nSPS) is 10.5. The van der Waals surface area contributed by atoms with Gasteiger partial charge in [0.05, 0.1) is 0 Å². The van der Waals surface area contributed by atoms with Crippen molar-refractivity contribution in [1.82, 2.24) is 0 Å². The van der Waals surface area contributed by atoms with Crippen molar-refractivity contribution in [2.45, 2.75) is 4.90 Å². The smallest absolute Gasteiger partial charge is 1.00 e. The Kier molecular flexibility index (Phi) is 4.47. The molecule has 13 heavy (non-hydrogen) atoms. The summed E-state index contributed by atoms with van der Waals surface area (Å²) in [5.74, 6) is -0.948. The summed E-state index contributed by atoms with van der Waals surface area (Å²) in [7, 11) is -4.47. The summed E-state index contributed by atoms with van der Waals surface area (Å²) in [5, 5.41) is 17.7. The van der Waals surface area contributed by atoms with E-state index in [2.05, 4.69) is 0 Å². The van der Waals surface area contributed by atoms with Crippen LogP contribution in [0.4, 0.5) is 0 Å². The van der Waals surface area contributed by atoms with Crippen molar-refractivity contribution >= 4 is 47.9 Å². The van der Waals surface area contributed by atoms with Crippen LogP contribution in [0.3, 0.4) is 0 Å². The summed E-state index contributed by atoms with van der Waals surface area (Å²) in [6.07, 6.45) is 0. The Morgan fingerprint density at radius 2 is 1.77 bits per heavy atom. The quantitative estimate of drug-likeness (QED) is 0.365. The van der Waals surface area contributed by atoms with E-state index >= 15 is 0 Å². The zero-order valence-corrected chi connectivity index (χ0v) is 9.53. The largest absolute Gasteiger partial charge is 2.00 e. The summed E-state index contributed by atoms with van der Waals surface area (Å²) in [6, 6.07) is 2.83. The van der Waals surface area contributed by atoms with E-state index < -0.39 is 20.8 Å². The summed E-state index contributed by atoms with van der Waals surface area (Å²) >= 11 is 0. The Morgan fingerprint density at radius 3 is 2.15 bits per heavy atom. The average Bonchev–Trinajstić information content (AvgIpc) is 1.92. The maximum Gasteiger partial charge on any atom is 2.00 e. The van der Waals surface area contributed by atoms with Gasteiger partial charge in [0.1, 0.15) is 16.4 Å². The van der Waals surface area contributed by atoms with E-state index in [0.29, 0.717) is 0 Å². The molecule has 0 atom stereocenters. The summed E-state index contributed by atoms with van der Waals surface area (Å²) in [5.41, 5.74) is 0. The molecule has 0 aliphatic carbocycles. The first kappa shape index (κ1) is 13.0. The first-order valence-corrected chi connectivity index (χ1v) is 4.35. The second-order valence-electron chi connectivity index (χ2n) is 2.13. The van der Waals surface area contributed by atoms with Gasteiger partial charge in [-0.15, -0.1) is 0 Å². The standard InChI is InChI=1S/C6H6O5S.Ca.2H/c7-4-1-2-5(8)6(3-4)12(9,10)11;;;/h1-3,7-8H,(H,9,10,11);;;/q;+2;2*-1. The van der Waals surface area contributed by atoms with Crippen LogP contribution in [0.15, 0.2) is 23.1 Å². The predicted octanol–water partition coefficient (Wildman–Crippen LogP) is 0.189. The monoisotopic (exact) mass is 232 g/mol. The molecule has 5 nitrogen and oxygen atoms in total. The molecule has 70 valence electrons. The van der Waals surface area contributed by atoms with Gasteiger partial charge in [0.2, 0.25) is 0 Å². The number of hydrogen-bond acceptors (Lipinski definition) is 4. The molecule has 0 aromatic heterocycles. The minimum atomic E-state index is -4.47. The number of phenolic OH excluding ortho intramolecular Hbond substituents is 2. The Labute approximate surface area is 108 Å². The van der Waals surface area contributed by atoms with Gasteiger partial charge in [0.25, 0.3) is 10.1 Å². The third-order valence-electron chi connectivity index (χ3n) is 1.22. The van der Waals surface area contributed by atoms with Crippen molar-refractivity contribution in [1.29, 1.82) is 0 Å². The van der Waals surface area contributed by atoms with E-state index in [-0.39, 0.29) is 46.3 Å². The van der Waals surface area contributed by atoms with Gasteiger partial charge in [0, 0.05) is 6.07 Å². The van der Waals surface area contributed by atoms with Crippen LogP contribution in [0.25, 0.3) is 0 Å². The molecule has 0 saturated heterocycles. The van der Waals surface area contributed by atoms with Crippen LogP contribution in [0.5, 0.6) is 11.5 Å². The van der Waals surface area contributed by atoms with Gasteiger partial charge in [-0.2, -0.15) is 8.42 Å². The van der Waals surface area contributed by atoms with Gasteiger partial charge >= 0.3 is 37.7 Å². The Hall–Kier alpha value is -0.0103. The number of phenols is 2. The molecule has 0 fully saturated rings. The van der Waals surface area contributed by atoms with Gasteiger partial charge in [-0.05, 0) is 12.1 Å². The van der Waals surface area contributed by atoms with Gasteiger partial charge in [-0.25, -0.2) is 0 Å². The van der Waals surface area contributed by atoms with Crippen molar-refractivity contribution in [3.05, 3.63) is 18.2 Å². The van der Waals surface area contributed by atoms with E-state index in [1.165, 1.54) is 0 Å². The van der Waals surface area contributed by atoms with Crippen molar-refractivity contribution in [2.75, 3.05) is 0 Å². The fourth-order valence-electron chi connectivity index (χ4n) is 0.709. The summed E-state index contributed by atoms with van der Waals surface area (Å²) in [4.78, 5) is -0.706. The molecular formula is C6H8CaO5S. The van der Waals surface area contributed by atoms with Gasteiger partial charge in [-0.1, -0.05) is 0 Å². The second-order valence-corrected chi connectivity index (χ2v) is 3.52. The molecule has 0 amide bonds. The van der Waals surface area contributed by atoms with Crippen LogP contribution in [0, 0.1) is 0 Å². The molecule has 0 bridgehead atoms. The minimum absolute atomic E-state index is 0. The number of aromatic hydroxyl groups is 2. The molecule has 1 rings (SSSR count). The van der Waals surface area contributed by atoms with Crippen molar-refractivity contribution in [2.24, 2.45) is 0 Å². The fraction of sp³-hybridized carbons (Fsp3) is 0. The van der Waals surface area contributed by atoms with Crippen LogP contribution in [-0.4, -0.2) is 60.9 Å². The molecule has 1 aromatic carbocycles. The minimum Gasteiger partial charge on any atom is -1.00 e. The molecule has 1 aromatic rings. The van der Waals surface area contributed by atoms with E-state index in [0.717, 1.165) is 18.2 Å². The zero-order chi connectivity index (χ0) is 9.35. The molecule has 0 aliphatic heterocycles. The van der Waals surface area contributed by atoms with Gasteiger partial charge < -0.3 is 13.1 Å². The van der Waals surface area contributed by atoms with E-state index in [1.807, 2.05) is 0 Å². The molecule has 0 heterocycles. The van der Waals surface area contributed by atoms with Crippen molar-refractivity contribution in [3.8, 4) is 11.5 Å². The van der Waals surface area contributed by atoms with Crippen molar-refractivity contribution in [3.63, 3.8) is 0 Å². The van der Waals surface area contributed by atoms with E-state index in [4.69, 9.17) is 14.8 Å². The number of hydrogen-bond donors (Lipinski definition) is 3. The maximum absolute atomic E-state index is 10.5. The van der Waals surface area contributed by atoms with E-state index in [1.54, 1.807) is 0 Å². The third kappa shape index (κ3) is 3.32. The molecule has 3 N–H and O–H groups in total. The Balaban J connectivity index is -0.000000480. The number of rotatable bonds is 1. The molecular weight excluding hydrogens is 224 g/mol. The van der Waals surface area contributed by atoms with Crippen LogP contribution in [0.1, 0.15) is 2.85 Å². The van der Waals surface area contributed by atoms with Crippen LogP contribution in [0.2, 0.25) is 0 Å². The maximum atomic E-state index is 10.5. The second kappa shape index (κ2) is 4.47. The third-order valence-corrected chi connectivity index (χ3v) is 2.10. The van der Waals surface area contributed by atoms with Crippen LogP contribution in [-0.2, 0) is 10.1 Å². The Bertz CT molecular complexity index is 408. The molecule has 0 unspecified atom stereocenters. The first-order chi connectivity index (χ1) is 5.41. The van der Waals surface area contributed by atoms with E-state index in [9.17, 15) is 8.42 Å². The zero-order valence-electron chi connectivity index (χ0n) is 8.51. The van der Waals surface area contributed by atoms with Crippen molar-refractivity contribution < 1.29 is 26.0 Å². The molecule has 0 saturated carbocycles. The summed E-state index contributed by atoms with van der Waals surface area (Å²) < 4.78 is 29.5. The Morgan fingerprint density at radius 1 is 1.23 bits per heavy atom.